The first kappa shape index (κ1) is 16.3. The number of benzene rings is 1. The summed E-state index contributed by atoms with van der Waals surface area (Å²) in [6, 6.07) is 5.27. The SMILES string of the molecule is C[C@H](OC(=O)C1=COCCO1)C(=O)Nc1ccc([N+](=O)[O-])cc1. The number of rotatable bonds is 5. The van der Waals surface area contributed by atoms with Gasteiger partial charge in [-0.15, -0.1) is 0 Å². The van der Waals surface area contributed by atoms with E-state index in [1.54, 1.807) is 0 Å². The van der Waals surface area contributed by atoms with Crippen LogP contribution in [0.2, 0.25) is 0 Å². The third-order valence-corrected chi connectivity index (χ3v) is 2.85. The Balaban J connectivity index is 1.90. The van der Waals surface area contributed by atoms with Crippen molar-refractivity contribution in [3.05, 3.63) is 46.4 Å². The van der Waals surface area contributed by atoms with Gasteiger partial charge in [0.1, 0.15) is 19.5 Å². The molecule has 0 fully saturated rings. The molecular formula is C14H14N2O7. The average molecular weight is 322 g/mol. The zero-order valence-corrected chi connectivity index (χ0v) is 12.2. The van der Waals surface area contributed by atoms with Gasteiger partial charge in [-0.05, 0) is 19.1 Å². The maximum Gasteiger partial charge on any atom is 0.377 e. The third kappa shape index (κ3) is 4.43. The molecule has 2 rings (SSSR count). The normalized spacial score (nSPS) is 14.6. The molecule has 1 atom stereocenters. The molecule has 9 nitrogen and oxygen atoms in total. The fourth-order valence-electron chi connectivity index (χ4n) is 1.66. The summed E-state index contributed by atoms with van der Waals surface area (Å²) in [5, 5.41) is 13.0. The van der Waals surface area contributed by atoms with Crippen LogP contribution < -0.4 is 5.32 Å². The Bertz CT molecular complexity index is 639. The van der Waals surface area contributed by atoms with E-state index in [1.807, 2.05) is 0 Å². The number of hydrogen-bond acceptors (Lipinski definition) is 7. The zero-order chi connectivity index (χ0) is 16.8. The van der Waals surface area contributed by atoms with E-state index in [2.05, 4.69) is 5.32 Å². The lowest BCUT2D eigenvalue weighted by molar-refractivity contribution is -0.384. The molecule has 0 aromatic heterocycles. The molecule has 1 aromatic carbocycles. The summed E-state index contributed by atoms with van der Waals surface area (Å²) >= 11 is 0. The van der Waals surface area contributed by atoms with Crippen molar-refractivity contribution in [3.8, 4) is 0 Å². The number of nitrogens with zero attached hydrogens (tertiary/aromatic N) is 1. The largest absolute Gasteiger partial charge is 0.493 e. The Morgan fingerprint density at radius 2 is 2.00 bits per heavy atom. The van der Waals surface area contributed by atoms with E-state index in [-0.39, 0.29) is 18.1 Å². The molecule has 23 heavy (non-hydrogen) atoms. The predicted octanol–water partition coefficient (Wildman–Crippen LogP) is 1.35. The van der Waals surface area contributed by atoms with E-state index in [0.29, 0.717) is 12.3 Å². The summed E-state index contributed by atoms with van der Waals surface area (Å²) in [6.45, 7) is 1.96. The van der Waals surface area contributed by atoms with Gasteiger partial charge in [0, 0.05) is 17.8 Å². The average Bonchev–Trinajstić information content (AvgIpc) is 2.56. The van der Waals surface area contributed by atoms with Crippen molar-refractivity contribution < 1.29 is 28.7 Å². The molecule has 0 spiro atoms. The van der Waals surface area contributed by atoms with Crippen LogP contribution in [-0.2, 0) is 23.8 Å². The lowest BCUT2D eigenvalue weighted by Gasteiger charge is -2.17. The predicted molar refractivity (Wildman–Crippen MR) is 77.3 cm³/mol. The maximum absolute atomic E-state index is 11.9. The quantitative estimate of drug-likeness (QED) is 0.494. The molecule has 1 aromatic rings. The van der Waals surface area contributed by atoms with E-state index in [1.165, 1.54) is 31.2 Å². The molecule has 0 radical (unpaired) electrons. The highest BCUT2D eigenvalue weighted by Gasteiger charge is 2.23. The number of non-ortho nitro benzene ring substituents is 1. The van der Waals surface area contributed by atoms with E-state index in [0.717, 1.165) is 6.26 Å². The molecule has 1 aliphatic heterocycles. The van der Waals surface area contributed by atoms with Crippen LogP contribution in [0.5, 0.6) is 0 Å². The van der Waals surface area contributed by atoms with Crippen LogP contribution in [0.1, 0.15) is 6.92 Å². The summed E-state index contributed by atoms with van der Waals surface area (Å²) in [7, 11) is 0. The van der Waals surface area contributed by atoms with Crippen molar-refractivity contribution in [2.75, 3.05) is 18.5 Å². The van der Waals surface area contributed by atoms with Gasteiger partial charge in [-0.25, -0.2) is 4.79 Å². The summed E-state index contributed by atoms with van der Waals surface area (Å²) in [6.07, 6.45) is 0.0522. The van der Waals surface area contributed by atoms with Crippen LogP contribution in [0.3, 0.4) is 0 Å². The fraction of sp³-hybridized carbons (Fsp3) is 0.286. The van der Waals surface area contributed by atoms with Gasteiger partial charge in [0.2, 0.25) is 5.76 Å². The number of nitro groups is 1. The molecule has 9 heteroatoms. The number of esters is 1. The summed E-state index contributed by atoms with van der Waals surface area (Å²) < 4.78 is 14.9. The highest BCUT2D eigenvalue weighted by atomic mass is 16.6. The standard InChI is InChI=1S/C14H14N2O7/c1-9(23-14(18)12-8-21-6-7-22-12)13(17)15-10-2-4-11(5-3-10)16(19)20/h2-5,8-9H,6-7H2,1H3,(H,15,17)/t9-/m0/s1. The molecular weight excluding hydrogens is 308 g/mol. The molecule has 0 unspecified atom stereocenters. The van der Waals surface area contributed by atoms with Crippen molar-refractivity contribution in [2.24, 2.45) is 0 Å². The number of carbonyl (C=O) groups excluding carboxylic acids is 2. The first-order chi connectivity index (χ1) is 11.0. The molecule has 122 valence electrons. The van der Waals surface area contributed by atoms with Gasteiger partial charge in [0.25, 0.3) is 11.6 Å². The number of hydrogen-bond donors (Lipinski definition) is 1. The number of nitro benzene ring substituents is 1. The van der Waals surface area contributed by atoms with Gasteiger partial charge in [0.05, 0.1) is 4.92 Å². The van der Waals surface area contributed by atoms with Gasteiger partial charge >= 0.3 is 5.97 Å². The lowest BCUT2D eigenvalue weighted by atomic mass is 10.2. The van der Waals surface area contributed by atoms with Gasteiger partial charge in [-0.2, -0.15) is 0 Å². The number of carbonyl (C=O) groups is 2. The minimum atomic E-state index is -1.08. The Labute approximate surface area is 131 Å². The van der Waals surface area contributed by atoms with Crippen molar-refractivity contribution >= 4 is 23.3 Å². The molecule has 1 heterocycles. The maximum atomic E-state index is 11.9. The van der Waals surface area contributed by atoms with Gasteiger partial charge in [-0.1, -0.05) is 0 Å². The molecule has 1 N–H and O–H groups in total. The number of ether oxygens (including phenoxy) is 3. The monoisotopic (exact) mass is 322 g/mol. The van der Waals surface area contributed by atoms with Crippen LogP contribution >= 0.6 is 0 Å². The molecule has 0 bridgehead atoms. The number of amides is 1. The lowest BCUT2D eigenvalue weighted by Crippen LogP contribution is -2.31. The fourth-order valence-corrected chi connectivity index (χ4v) is 1.66. The number of nitrogens with one attached hydrogen (secondary N) is 1. The molecule has 0 saturated heterocycles. The van der Waals surface area contributed by atoms with E-state index in [4.69, 9.17) is 14.2 Å². The second kappa shape index (κ2) is 7.25. The van der Waals surface area contributed by atoms with Gasteiger partial charge < -0.3 is 19.5 Å². The Morgan fingerprint density at radius 3 is 2.57 bits per heavy atom. The van der Waals surface area contributed by atoms with Gasteiger partial charge in [0.15, 0.2) is 6.10 Å². The summed E-state index contributed by atoms with van der Waals surface area (Å²) in [4.78, 5) is 33.7. The van der Waals surface area contributed by atoms with Crippen LogP contribution in [0.25, 0.3) is 0 Å². The molecule has 0 aliphatic carbocycles. The number of anilines is 1. The van der Waals surface area contributed by atoms with Crippen molar-refractivity contribution in [1.82, 2.24) is 0 Å². The summed E-state index contributed by atoms with van der Waals surface area (Å²) in [5.74, 6) is -1.49. The Hall–Kier alpha value is -3.10. The van der Waals surface area contributed by atoms with Crippen LogP contribution in [0.15, 0.2) is 36.3 Å². The van der Waals surface area contributed by atoms with Crippen molar-refractivity contribution in [2.45, 2.75) is 13.0 Å². The van der Waals surface area contributed by atoms with E-state index < -0.39 is 22.9 Å². The topological polar surface area (TPSA) is 117 Å². The van der Waals surface area contributed by atoms with E-state index >= 15 is 0 Å². The minimum Gasteiger partial charge on any atom is -0.493 e. The van der Waals surface area contributed by atoms with Crippen molar-refractivity contribution in [3.63, 3.8) is 0 Å². The zero-order valence-electron chi connectivity index (χ0n) is 12.2. The second-order valence-corrected chi connectivity index (χ2v) is 4.54. The molecule has 1 amide bonds. The Kier molecular flexibility index (Phi) is 5.13. The summed E-state index contributed by atoms with van der Waals surface area (Å²) in [5.41, 5.74) is 0.254. The minimum absolute atomic E-state index is 0.0936. The highest BCUT2D eigenvalue weighted by Crippen LogP contribution is 2.16. The van der Waals surface area contributed by atoms with Crippen LogP contribution in [-0.4, -0.2) is 36.1 Å². The second-order valence-electron chi connectivity index (χ2n) is 4.54. The third-order valence-electron chi connectivity index (χ3n) is 2.85. The Morgan fingerprint density at radius 1 is 1.30 bits per heavy atom. The molecule has 1 aliphatic rings. The van der Waals surface area contributed by atoms with Crippen LogP contribution in [0, 0.1) is 10.1 Å². The molecule has 0 saturated carbocycles. The van der Waals surface area contributed by atoms with Gasteiger partial charge in [-0.3, -0.25) is 14.9 Å². The van der Waals surface area contributed by atoms with Crippen molar-refractivity contribution in [1.29, 1.82) is 0 Å². The van der Waals surface area contributed by atoms with E-state index in [9.17, 15) is 19.7 Å². The van der Waals surface area contributed by atoms with Crippen LogP contribution in [0.4, 0.5) is 11.4 Å². The first-order valence-corrected chi connectivity index (χ1v) is 6.68. The first-order valence-electron chi connectivity index (χ1n) is 6.68. The highest BCUT2D eigenvalue weighted by molar-refractivity contribution is 5.96. The smallest absolute Gasteiger partial charge is 0.377 e.